The molecule has 0 aliphatic heterocycles. The second kappa shape index (κ2) is 9.20. The van der Waals surface area contributed by atoms with Crippen LogP contribution in [0.2, 0.25) is 0 Å². The number of para-hydroxylation sites is 1. The largest absolute Gasteiger partial charge is 0.497 e. The van der Waals surface area contributed by atoms with Gasteiger partial charge in [-0.3, -0.25) is 18.7 Å². The highest BCUT2D eigenvalue weighted by molar-refractivity contribution is 5.83. The van der Waals surface area contributed by atoms with Gasteiger partial charge in [0.15, 0.2) is 5.65 Å². The molecule has 33 heavy (non-hydrogen) atoms. The van der Waals surface area contributed by atoms with Crippen molar-refractivity contribution in [3.05, 3.63) is 82.0 Å². The van der Waals surface area contributed by atoms with Crippen LogP contribution in [0.25, 0.3) is 16.7 Å². The van der Waals surface area contributed by atoms with Gasteiger partial charge in [0, 0.05) is 29.6 Å². The lowest BCUT2D eigenvalue weighted by Crippen LogP contribution is -2.32. The van der Waals surface area contributed by atoms with E-state index in [9.17, 15) is 9.59 Å². The molecule has 1 amide bonds. The molecule has 0 spiro atoms. The summed E-state index contributed by atoms with van der Waals surface area (Å²) in [6, 6.07) is 15.2. The Morgan fingerprint density at radius 3 is 2.52 bits per heavy atom. The monoisotopic (exact) mass is 446 g/mol. The quantitative estimate of drug-likeness (QED) is 0.471. The summed E-state index contributed by atoms with van der Waals surface area (Å²) in [6.07, 6.45) is 1.43. The minimum absolute atomic E-state index is 0.130. The number of ether oxygens (including phenoxy) is 2. The number of fused-ring (bicyclic) bond motifs is 1. The average molecular weight is 447 g/mol. The number of nitrogens with one attached hydrogen (secondary N) is 1. The molecule has 8 nitrogen and oxygen atoms in total. The van der Waals surface area contributed by atoms with Crippen LogP contribution in [0.1, 0.15) is 16.8 Å². The molecule has 2 heterocycles. The summed E-state index contributed by atoms with van der Waals surface area (Å²) in [7, 11) is 3.14. The second-order valence-corrected chi connectivity index (χ2v) is 7.71. The highest BCUT2D eigenvalue weighted by atomic mass is 16.5. The van der Waals surface area contributed by atoms with E-state index >= 15 is 0 Å². The van der Waals surface area contributed by atoms with Crippen molar-refractivity contribution in [2.45, 2.75) is 26.9 Å². The zero-order valence-electron chi connectivity index (χ0n) is 19.1. The SMILES string of the molecule is COc1ccc(CNC(=O)Cn2cnc3c(c(C)c(C)n3-c3ccccc3)c2=O)c(OC)c1. The summed E-state index contributed by atoms with van der Waals surface area (Å²) < 4.78 is 13.9. The molecular formula is C25H26N4O4. The van der Waals surface area contributed by atoms with Crippen LogP contribution in [0.3, 0.4) is 0 Å². The van der Waals surface area contributed by atoms with Gasteiger partial charge in [-0.15, -0.1) is 0 Å². The van der Waals surface area contributed by atoms with Crippen molar-refractivity contribution in [3.63, 3.8) is 0 Å². The van der Waals surface area contributed by atoms with Crippen LogP contribution in [0, 0.1) is 13.8 Å². The minimum Gasteiger partial charge on any atom is -0.497 e. The molecule has 4 rings (SSSR count). The van der Waals surface area contributed by atoms with Crippen LogP contribution >= 0.6 is 0 Å². The predicted molar refractivity (Wildman–Crippen MR) is 126 cm³/mol. The summed E-state index contributed by atoms with van der Waals surface area (Å²) >= 11 is 0. The van der Waals surface area contributed by atoms with Gasteiger partial charge in [0.2, 0.25) is 5.91 Å². The lowest BCUT2D eigenvalue weighted by molar-refractivity contribution is -0.121. The van der Waals surface area contributed by atoms with Gasteiger partial charge in [-0.05, 0) is 43.7 Å². The Balaban J connectivity index is 1.57. The van der Waals surface area contributed by atoms with Crippen molar-refractivity contribution in [2.75, 3.05) is 14.2 Å². The summed E-state index contributed by atoms with van der Waals surface area (Å²) in [4.78, 5) is 30.4. The number of carbonyl (C=O) groups is 1. The molecule has 0 atom stereocenters. The van der Waals surface area contributed by atoms with Gasteiger partial charge in [0.25, 0.3) is 5.56 Å². The van der Waals surface area contributed by atoms with Crippen LogP contribution < -0.4 is 20.3 Å². The third-order valence-electron chi connectivity index (χ3n) is 5.78. The first kappa shape index (κ1) is 22.1. The van der Waals surface area contributed by atoms with Crippen LogP contribution in [0.5, 0.6) is 11.5 Å². The van der Waals surface area contributed by atoms with E-state index in [0.29, 0.717) is 22.5 Å². The Hall–Kier alpha value is -4.07. The van der Waals surface area contributed by atoms with Gasteiger partial charge in [-0.1, -0.05) is 18.2 Å². The molecule has 8 heteroatoms. The topological polar surface area (TPSA) is 87.4 Å². The van der Waals surface area contributed by atoms with E-state index in [0.717, 1.165) is 22.5 Å². The van der Waals surface area contributed by atoms with E-state index in [-0.39, 0.29) is 24.6 Å². The van der Waals surface area contributed by atoms with Crippen LogP contribution in [0.15, 0.2) is 59.7 Å². The van der Waals surface area contributed by atoms with Gasteiger partial charge in [0.05, 0.1) is 19.6 Å². The van der Waals surface area contributed by atoms with Gasteiger partial charge < -0.3 is 14.8 Å². The van der Waals surface area contributed by atoms with Gasteiger partial charge in [0.1, 0.15) is 24.4 Å². The van der Waals surface area contributed by atoms with Crippen molar-refractivity contribution >= 4 is 16.9 Å². The molecule has 4 aromatic rings. The summed E-state index contributed by atoms with van der Waals surface area (Å²) in [5, 5.41) is 3.36. The van der Waals surface area contributed by atoms with Crippen LogP contribution in [0.4, 0.5) is 0 Å². The molecule has 0 saturated heterocycles. The van der Waals surface area contributed by atoms with Crippen molar-refractivity contribution in [1.29, 1.82) is 0 Å². The summed E-state index contributed by atoms with van der Waals surface area (Å²) in [5.74, 6) is 0.984. The zero-order valence-corrected chi connectivity index (χ0v) is 19.1. The molecule has 170 valence electrons. The van der Waals surface area contributed by atoms with Crippen LogP contribution in [-0.4, -0.2) is 34.2 Å². The Bertz CT molecular complexity index is 1370. The standard InChI is InChI=1S/C25H26N4O4/c1-16-17(2)29(19-8-6-5-7-9-19)24-23(16)25(31)28(15-27-24)14-22(30)26-13-18-10-11-20(32-3)12-21(18)33-4/h5-12,15H,13-14H2,1-4H3,(H,26,30). The number of benzene rings is 2. The van der Waals surface area contributed by atoms with E-state index in [1.54, 1.807) is 26.4 Å². The molecule has 0 radical (unpaired) electrons. The van der Waals surface area contributed by atoms with Crippen molar-refractivity contribution in [1.82, 2.24) is 19.4 Å². The first-order valence-electron chi connectivity index (χ1n) is 10.5. The fraction of sp³-hybridized carbons (Fsp3) is 0.240. The maximum absolute atomic E-state index is 13.2. The molecule has 0 aliphatic rings. The molecule has 0 unspecified atom stereocenters. The first-order chi connectivity index (χ1) is 15.9. The highest BCUT2D eigenvalue weighted by Gasteiger charge is 2.18. The lowest BCUT2D eigenvalue weighted by atomic mass is 10.2. The zero-order chi connectivity index (χ0) is 23.5. The number of amides is 1. The Kier molecular flexibility index (Phi) is 6.17. The number of carbonyl (C=O) groups excluding carboxylic acids is 1. The number of methoxy groups -OCH3 is 2. The predicted octanol–water partition coefficient (Wildman–Crippen LogP) is 3.14. The molecule has 2 aromatic carbocycles. The van der Waals surface area contributed by atoms with Crippen molar-refractivity contribution in [3.8, 4) is 17.2 Å². The third kappa shape index (κ3) is 4.19. The van der Waals surface area contributed by atoms with Gasteiger partial charge in [-0.2, -0.15) is 0 Å². The Morgan fingerprint density at radius 2 is 1.82 bits per heavy atom. The van der Waals surface area contributed by atoms with Crippen LogP contribution in [-0.2, 0) is 17.9 Å². The van der Waals surface area contributed by atoms with E-state index in [4.69, 9.17) is 9.47 Å². The first-order valence-corrected chi connectivity index (χ1v) is 10.5. The van der Waals surface area contributed by atoms with E-state index < -0.39 is 0 Å². The fourth-order valence-corrected chi connectivity index (χ4v) is 3.89. The number of hydrogen-bond acceptors (Lipinski definition) is 5. The lowest BCUT2D eigenvalue weighted by Gasteiger charge is -2.12. The summed E-state index contributed by atoms with van der Waals surface area (Å²) in [6.45, 7) is 4.00. The molecular weight excluding hydrogens is 420 g/mol. The average Bonchev–Trinajstić information content (AvgIpc) is 3.10. The molecule has 2 aromatic heterocycles. The fourth-order valence-electron chi connectivity index (χ4n) is 3.89. The summed E-state index contributed by atoms with van der Waals surface area (Å²) in [5.41, 5.74) is 3.87. The number of nitrogens with zero attached hydrogens (tertiary/aromatic N) is 3. The smallest absolute Gasteiger partial charge is 0.263 e. The second-order valence-electron chi connectivity index (χ2n) is 7.71. The normalized spacial score (nSPS) is 10.9. The number of aromatic nitrogens is 3. The maximum Gasteiger partial charge on any atom is 0.263 e. The molecule has 0 bridgehead atoms. The number of hydrogen-bond donors (Lipinski definition) is 1. The molecule has 0 saturated carbocycles. The van der Waals surface area contributed by atoms with E-state index in [1.807, 2.05) is 54.8 Å². The molecule has 1 N–H and O–H groups in total. The van der Waals surface area contributed by atoms with E-state index in [1.165, 1.54) is 10.9 Å². The number of aryl methyl sites for hydroxylation is 1. The van der Waals surface area contributed by atoms with E-state index in [2.05, 4.69) is 10.3 Å². The van der Waals surface area contributed by atoms with Gasteiger partial charge >= 0.3 is 0 Å². The molecule has 0 aliphatic carbocycles. The minimum atomic E-state index is -0.298. The number of rotatable bonds is 7. The Labute approximate surface area is 191 Å². The van der Waals surface area contributed by atoms with Crippen molar-refractivity contribution < 1.29 is 14.3 Å². The molecule has 0 fully saturated rings. The Morgan fingerprint density at radius 1 is 1.06 bits per heavy atom. The van der Waals surface area contributed by atoms with Crippen molar-refractivity contribution in [2.24, 2.45) is 0 Å². The highest BCUT2D eigenvalue weighted by Crippen LogP contribution is 2.25. The third-order valence-corrected chi connectivity index (χ3v) is 5.78. The van der Waals surface area contributed by atoms with Gasteiger partial charge in [-0.25, -0.2) is 4.98 Å². The maximum atomic E-state index is 13.2.